The van der Waals surface area contributed by atoms with E-state index < -0.39 is 11.6 Å². The Balaban J connectivity index is 1.50. The molecular weight excluding hydrogens is 370 g/mol. The van der Waals surface area contributed by atoms with Crippen LogP contribution in [0.25, 0.3) is 0 Å². The Kier molecular flexibility index (Phi) is 8.29. The molecule has 0 aromatic heterocycles. The Morgan fingerprint density at radius 3 is 2.48 bits per heavy atom. The van der Waals surface area contributed by atoms with Gasteiger partial charge in [-0.15, -0.1) is 0 Å². The van der Waals surface area contributed by atoms with Crippen LogP contribution in [-0.4, -0.2) is 19.3 Å². The molecule has 0 radical (unpaired) electrons. The van der Waals surface area contributed by atoms with Crippen LogP contribution >= 0.6 is 0 Å². The molecule has 1 aliphatic carbocycles. The number of hydrogen-bond donors (Lipinski definition) is 0. The first-order valence-electron chi connectivity index (χ1n) is 11.1. The zero-order chi connectivity index (χ0) is 20.6. The molecule has 1 aromatic rings. The molecule has 2 atom stereocenters. The summed E-state index contributed by atoms with van der Waals surface area (Å²) in [5, 5.41) is 0. The van der Waals surface area contributed by atoms with Crippen LogP contribution in [-0.2, 0) is 4.74 Å². The van der Waals surface area contributed by atoms with Gasteiger partial charge in [0.25, 0.3) is 0 Å². The van der Waals surface area contributed by atoms with Gasteiger partial charge in [-0.25, -0.2) is 4.39 Å². The van der Waals surface area contributed by atoms with Gasteiger partial charge in [-0.3, -0.25) is 0 Å². The molecule has 0 amide bonds. The van der Waals surface area contributed by atoms with Gasteiger partial charge >= 0.3 is 0 Å². The fourth-order valence-corrected chi connectivity index (χ4v) is 4.90. The van der Waals surface area contributed by atoms with Crippen molar-refractivity contribution < 1.29 is 18.3 Å². The third-order valence-corrected chi connectivity index (χ3v) is 6.61. The van der Waals surface area contributed by atoms with Gasteiger partial charge in [-0.2, -0.15) is 4.39 Å². The molecule has 29 heavy (non-hydrogen) atoms. The first-order chi connectivity index (χ1) is 14.1. The number of ether oxygens (including phenoxy) is 2. The van der Waals surface area contributed by atoms with E-state index in [9.17, 15) is 8.78 Å². The molecule has 2 nitrogen and oxygen atoms in total. The molecular formula is C25H34F2O2. The standard InChI is InChI=1S/C25H34F2O2/c1-3-5-6-7-21-13-12-20(17-29-21)18-8-10-19(11-9-18)22-14-15-23(28-16-4-2)25(27)24(22)26/h3-5,14-15,18-21H,2,6-13,16-17H2,1H3. The molecule has 1 saturated heterocycles. The van der Waals surface area contributed by atoms with Crippen molar-refractivity contribution in [2.24, 2.45) is 11.8 Å². The largest absolute Gasteiger partial charge is 0.486 e. The van der Waals surface area contributed by atoms with Crippen LogP contribution in [0.4, 0.5) is 8.78 Å². The average Bonchev–Trinajstić information content (AvgIpc) is 2.76. The number of halogens is 2. The summed E-state index contributed by atoms with van der Waals surface area (Å²) in [5.41, 5.74) is 0.496. The van der Waals surface area contributed by atoms with E-state index in [1.807, 2.05) is 0 Å². The van der Waals surface area contributed by atoms with E-state index in [4.69, 9.17) is 9.47 Å². The first-order valence-corrected chi connectivity index (χ1v) is 11.1. The maximum atomic E-state index is 14.6. The molecule has 0 N–H and O–H groups in total. The van der Waals surface area contributed by atoms with E-state index in [1.54, 1.807) is 12.1 Å². The predicted octanol–water partition coefficient (Wildman–Crippen LogP) is 6.95. The second-order valence-corrected chi connectivity index (χ2v) is 8.43. The van der Waals surface area contributed by atoms with Gasteiger partial charge in [0.1, 0.15) is 6.61 Å². The lowest BCUT2D eigenvalue weighted by atomic mass is 9.72. The molecule has 0 bridgehead atoms. The molecule has 2 aliphatic rings. The van der Waals surface area contributed by atoms with Crippen LogP contribution in [0, 0.1) is 23.5 Å². The van der Waals surface area contributed by atoms with Gasteiger partial charge in [-0.05, 0) is 87.7 Å². The van der Waals surface area contributed by atoms with E-state index in [0.717, 1.165) is 51.6 Å². The summed E-state index contributed by atoms with van der Waals surface area (Å²) >= 11 is 0. The van der Waals surface area contributed by atoms with E-state index in [0.29, 0.717) is 23.5 Å². The first kappa shape index (κ1) is 22.0. The van der Waals surface area contributed by atoms with Gasteiger partial charge in [0.15, 0.2) is 11.6 Å². The normalized spacial score (nSPS) is 27.8. The zero-order valence-corrected chi connectivity index (χ0v) is 17.5. The van der Waals surface area contributed by atoms with Gasteiger partial charge in [0.2, 0.25) is 5.82 Å². The van der Waals surface area contributed by atoms with Crippen LogP contribution in [0.3, 0.4) is 0 Å². The summed E-state index contributed by atoms with van der Waals surface area (Å²) in [5.74, 6) is -0.317. The fourth-order valence-electron chi connectivity index (χ4n) is 4.90. The van der Waals surface area contributed by atoms with Gasteiger partial charge in [0, 0.05) is 0 Å². The predicted molar refractivity (Wildman–Crippen MR) is 113 cm³/mol. The second kappa shape index (κ2) is 10.9. The SMILES string of the molecule is C=CCOc1ccc(C2CCC(C3CCC(CCC=CC)OC3)CC2)c(F)c1F. The van der Waals surface area contributed by atoms with Crippen LogP contribution < -0.4 is 4.74 Å². The molecule has 1 heterocycles. The van der Waals surface area contributed by atoms with Crippen molar-refractivity contribution in [1.29, 1.82) is 0 Å². The van der Waals surface area contributed by atoms with Crippen molar-refractivity contribution in [1.82, 2.24) is 0 Å². The Labute approximate surface area is 174 Å². The Hall–Kier alpha value is -1.68. The minimum absolute atomic E-state index is 0.0387. The number of benzene rings is 1. The molecule has 2 fully saturated rings. The Morgan fingerprint density at radius 2 is 1.83 bits per heavy atom. The highest BCUT2D eigenvalue weighted by molar-refractivity contribution is 5.33. The lowest BCUT2D eigenvalue weighted by Gasteiger charge is -2.38. The van der Waals surface area contributed by atoms with Crippen molar-refractivity contribution in [2.75, 3.05) is 13.2 Å². The lowest BCUT2D eigenvalue weighted by Crippen LogP contribution is -2.32. The van der Waals surface area contributed by atoms with Crippen LogP contribution in [0.2, 0.25) is 0 Å². The second-order valence-electron chi connectivity index (χ2n) is 8.43. The topological polar surface area (TPSA) is 18.5 Å². The number of rotatable bonds is 8. The van der Waals surface area contributed by atoms with Crippen molar-refractivity contribution in [3.8, 4) is 5.75 Å². The average molecular weight is 405 g/mol. The Morgan fingerprint density at radius 1 is 1.07 bits per heavy atom. The highest BCUT2D eigenvalue weighted by Crippen LogP contribution is 2.43. The maximum Gasteiger partial charge on any atom is 0.200 e. The van der Waals surface area contributed by atoms with Crippen LogP contribution in [0.1, 0.15) is 69.8 Å². The fraction of sp³-hybridized carbons (Fsp3) is 0.600. The van der Waals surface area contributed by atoms with E-state index in [-0.39, 0.29) is 18.3 Å². The smallest absolute Gasteiger partial charge is 0.200 e. The van der Waals surface area contributed by atoms with Crippen LogP contribution in [0.5, 0.6) is 5.75 Å². The van der Waals surface area contributed by atoms with E-state index in [2.05, 4.69) is 25.7 Å². The van der Waals surface area contributed by atoms with Crippen LogP contribution in [0.15, 0.2) is 36.9 Å². The quantitative estimate of drug-likeness (QED) is 0.436. The minimum atomic E-state index is -0.879. The molecule has 160 valence electrons. The zero-order valence-electron chi connectivity index (χ0n) is 17.5. The van der Waals surface area contributed by atoms with E-state index in [1.165, 1.54) is 12.5 Å². The van der Waals surface area contributed by atoms with Crippen molar-refractivity contribution >= 4 is 0 Å². The third-order valence-electron chi connectivity index (χ3n) is 6.61. The number of hydrogen-bond acceptors (Lipinski definition) is 2. The van der Waals surface area contributed by atoms with Gasteiger partial charge in [-0.1, -0.05) is 30.9 Å². The molecule has 3 rings (SSSR count). The number of allylic oxidation sites excluding steroid dienone is 2. The highest BCUT2D eigenvalue weighted by atomic mass is 19.2. The summed E-state index contributed by atoms with van der Waals surface area (Å²) in [6.45, 7) is 6.61. The molecule has 1 aromatic carbocycles. The monoisotopic (exact) mass is 404 g/mol. The molecule has 2 unspecified atom stereocenters. The lowest BCUT2D eigenvalue weighted by molar-refractivity contribution is -0.0402. The van der Waals surface area contributed by atoms with Crippen molar-refractivity contribution in [3.05, 3.63) is 54.1 Å². The summed E-state index contributed by atoms with van der Waals surface area (Å²) in [4.78, 5) is 0. The molecule has 4 heteroatoms. The summed E-state index contributed by atoms with van der Waals surface area (Å²) in [6.07, 6.45) is 14.8. The molecule has 0 spiro atoms. The third kappa shape index (κ3) is 5.69. The van der Waals surface area contributed by atoms with Gasteiger partial charge < -0.3 is 9.47 Å². The summed E-state index contributed by atoms with van der Waals surface area (Å²) < 4.78 is 40.2. The molecule has 1 aliphatic heterocycles. The van der Waals surface area contributed by atoms with Crippen molar-refractivity contribution in [3.63, 3.8) is 0 Å². The van der Waals surface area contributed by atoms with Crippen molar-refractivity contribution in [2.45, 2.75) is 70.3 Å². The van der Waals surface area contributed by atoms with Gasteiger partial charge in [0.05, 0.1) is 12.7 Å². The molecule has 1 saturated carbocycles. The summed E-state index contributed by atoms with van der Waals surface area (Å²) in [7, 11) is 0. The summed E-state index contributed by atoms with van der Waals surface area (Å²) in [6, 6.07) is 3.24. The highest BCUT2D eigenvalue weighted by Gasteiger charge is 2.33. The minimum Gasteiger partial charge on any atom is -0.486 e. The van der Waals surface area contributed by atoms with E-state index >= 15 is 0 Å². The maximum absolute atomic E-state index is 14.6. The Bertz CT molecular complexity index is 684.